The third-order valence-corrected chi connectivity index (χ3v) is 9.44. The summed E-state index contributed by atoms with van der Waals surface area (Å²) in [5.74, 6) is -0.186. The van der Waals surface area contributed by atoms with E-state index in [9.17, 15) is 14.9 Å². The summed E-state index contributed by atoms with van der Waals surface area (Å²) in [7, 11) is 0. The third kappa shape index (κ3) is 5.12. The summed E-state index contributed by atoms with van der Waals surface area (Å²) in [4.78, 5) is 28.6. The highest BCUT2D eigenvalue weighted by atomic mass is 32.2. The second-order valence-electron chi connectivity index (χ2n) is 10.0. The van der Waals surface area contributed by atoms with Crippen LogP contribution in [0.15, 0.2) is 68.8 Å². The predicted octanol–water partition coefficient (Wildman–Crippen LogP) is 5.58. The maximum Gasteiger partial charge on any atom is 0.234 e. The van der Waals surface area contributed by atoms with E-state index in [1.54, 1.807) is 4.90 Å². The number of nitrogens with zero attached hydrogens (tertiary/aromatic N) is 4. The lowest BCUT2D eigenvalue weighted by Gasteiger charge is -2.42. The Morgan fingerprint density at radius 1 is 1.26 bits per heavy atom. The van der Waals surface area contributed by atoms with Gasteiger partial charge in [-0.1, -0.05) is 60.7 Å². The summed E-state index contributed by atoms with van der Waals surface area (Å²) in [6, 6.07) is 13.7. The Labute approximate surface area is 233 Å². The molecule has 5 rings (SSSR count). The van der Waals surface area contributed by atoms with Crippen LogP contribution >= 0.6 is 34.4 Å². The van der Waals surface area contributed by atoms with Gasteiger partial charge in [0.05, 0.1) is 23.3 Å². The van der Waals surface area contributed by atoms with Gasteiger partial charge >= 0.3 is 0 Å². The molecule has 1 amide bonds. The fourth-order valence-electron chi connectivity index (χ4n) is 4.78. The molecule has 1 unspecified atom stereocenters. The van der Waals surface area contributed by atoms with Crippen LogP contribution in [-0.2, 0) is 9.59 Å². The van der Waals surface area contributed by atoms with Gasteiger partial charge in [0.15, 0.2) is 10.1 Å². The number of benzene rings is 1. The first kappa shape index (κ1) is 26.2. The van der Waals surface area contributed by atoms with E-state index in [-0.39, 0.29) is 28.7 Å². The number of carbonyl (C=O) groups excluding carboxylic acids is 2. The Hall–Kier alpha value is -3.46. The van der Waals surface area contributed by atoms with Crippen LogP contribution in [-0.4, -0.2) is 27.6 Å². The number of hydrogen-bond acceptors (Lipinski definition) is 10. The summed E-state index contributed by atoms with van der Waals surface area (Å²) >= 11 is 4.06. The van der Waals surface area contributed by atoms with Crippen molar-refractivity contribution in [2.45, 2.75) is 43.9 Å². The van der Waals surface area contributed by atoms with Crippen molar-refractivity contribution in [3.63, 3.8) is 0 Å². The molecule has 11 heteroatoms. The van der Waals surface area contributed by atoms with E-state index in [4.69, 9.17) is 5.73 Å². The molecule has 2 aliphatic rings. The molecule has 1 aromatic carbocycles. The minimum absolute atomic E-state index is 0.0202. The monoisotopic (exact) mass is 562 g/mol. The summed E-state index contributed by atoms with van der Waals surface area (Å²) in [5, 5.41) is 24.1. The zero-order valence-electron chi connectivity index (χ0n) is 21.1. The van der Waals surface area contributed by atoms with Crippen molar-refractivity contribution >= 4 is 56.9 Å². The molecule has 0 radical (unpaired) electrons. The zero-order chi connectivity index (χ0) is 27.0. The normalized spacial score (nSPS) is 18.8. The Balaban J connectivity index is 1.43. The Morgan fingerprint density at radius 3 is 2.71 bits per heavy atom. The number of nitriles is 1. The smallest absolute Gasteiger partial charge is 0.234 e. The fourth-order valence-corrected chi connectivity index (χ4v) is 7.30. The van der Waals surface area contributed by atoms with E-state index >= 15 is 0 Å². The van der Waals surface area contributed by atoms with Crippen molar-refractivity contribution in [3.8, 4) is 6.07 Å². The molecule has 1 aliphatic carbocycles. The maximum atomic E-state index is 13.5. The van der Waals surface area contributed by atoms with Gasteiger partial charge in [-0.25, -0.2) is 0 Å². The van der Waals surface area contributed by atoms with Crippen LogP contribution < -0.4 is 16.0 Å². The highest BCUT2D eigenvalue weighted by molar-refractivity contribution is 8.01. The minimum atomic E-state index is -0.484. The molecule has 0 fully saturated rings. The van der Waals surface area contributed by atoms with Gasteiger partial charge in [0, 0.05) is 28.3 Å². The van der Waals surface area contributed by atoms with Crippen molar-refractivity contribution in [3.05, 3.63) is 74.9 Å². The Morgan fingerprint density at radius 2 is 2.03 bits per heavy atom. The van der Waals surface area contributed by atoms with Crippen LogP contribution in [0.4, 0.5) is 10.8 Å². The Kier molecular flexibility index (Phi) is 7.13. The molecule has 38 heavy (non-hydrogen) atoms. The van der Waals surface area contributed by atoms with Gasteiger partial charge < -0.3 is 11.1 Å². The highest BCUT2D eigenvalue weighted by Crippen LogP contribution is 2.51. The zero-order valence-corrected chi connectivity index (χ0v) is 23.6. The van der Waals surface area contributed by atoms with Crippen molar-refractivity contribution in [1.29, 1.82) is 5.26 Å². The number of thioether (sulfide) groups is 1. The maximum absolute atomic E-state index is 13.5. The second-order valence-corrected chi connectivity index (χ2v) is 13.2. The summed E-state index contributed by atoms with van der Waals surface area (Å²) < 4.78 is 0.592. The molecule has 3 heterocycles. The molecule has 2 aromatic heterocycles. The minimum Gasteiger partial charge on any atom is -0.384 e. The molecule has 194 valence electrons. The number of ketones is 1. The predicted molar refractivity (Wildman–Crippen MR) is 152 cm³/mol. The topological polar surface area (TPSA) is 125 Å². The number of aromatic nitrogens is 2. The van der Waals surface area contributed by atoms with Gasteiger partial charge in [0.1, 0.15) is 5.82 Å². The van der Waals surface area contributed by atoms with Gasteiger partial charge in [-0.3, -0.25) is 14.5 Å². The standard InChI is InChI=1S/C27H26N6O2S3/c1-15-6-8-16(9-7-15)30-21(35)14-37-26-32-31-25(38-26)33-18-11-27(2,3)12-19(34)23(18)22(17(13-28)24(33)29)20-5-4-10-36-20/h4-10,22H,11-12,14,29H2,1-3H3,(H,30,35). The number of allylic oxidation sites excluding steroid dienone is 3. The summed E-state index contributed by atoms with van der Waals surface area (Å²) in [6.07, 6.45) is 1.00. The molecule has 1 aliphatic heterocycles. The first-order chi connectivity index (χ1) is 18.2. The van der Waals surface area contributed by atoms with Crippen LogP contribution in [0.5, 0.6) is 0 Å². The van der Waals surface area contributed by atoms with Crippen LogP contribution in [0.25, 0.3) is 0 Å². The fraction of sp³-hybridized carbons (Fsp3) is 0.296. The number of nitrogens with two attached hydrogens (primary N) is 1. The van der Waals surface area contributed by atoms with Crippen LogP contribution in [0.1, 0.15) is 43.0 Å². The molecular formula is C27H26N6O2S3. The van der Waals surface area contributed by atoms with Gasteiger partial charge in [0.2, 0.25) is 11.0 Å². The van der Waals surface area contributed by atoms with Gasteiger partial charge in [-0.2, -0.15) is 5.26 Å². The summed E-state index contributed by atoms with van der Waals surface area (Å²) in [6.45, 7) is 6.10. The van der Waals surface area contributed by atoms with E-state index in [2.05, 4.69) is 35.4 Å². The van der Waals surface area contributed by atoms with E-state index in [1.165, 1.54) is 34.4 Å². The van der Waals surface area contributed by atoms with E-state index < -0.39 is 5.92 Å². The number of anilines is 2. The van der Waals surface area contributed by atoms with Crippen molar-refractivity contribution in [2.75, 3.05) is 16.0 Å². The lowest BCUT2D eigenvalue weighted by molar-refractivity contribution is -0.118. The van der Waals surface area contributed by atoms with Crippen LogP contribution in [0.3, 0.4) is 0 Å². The number of hydrogen-bond donors (Lipinski definition) is 2. The SMILES string of the molecule is Cc1ccc(NC(=O)CSc2nnc(N3C(N)=C(C#N)C(c4cccs4)C4=C3CC(C)(C)CC4=O)s2)cc1. The number of Topliss-reactive ketones (excluding diaryl/α,β-unsaturated/α-hetero) is 1. The largest absolute Gasteiger partial charge is 0.384 e. The average molecular weight is 563 g/mol. The summed E-state index contributed by atoms with van der Waals surface area (Å²) in [5.41, 5.74) is 9.94. The van der Waals surface area contributed by atoms with Crippen molar-refractivity contribution < 1.29 is 9.59 Å². The molecule has 0 saturated carbocycles. The average Bonchev–Trinajstić information content (AvgIpc) is 3.55. The molecule has 8 nitrogen and oxygen atoms in total. The number of carbonyl (C=O) groups is 2. The number of thiophene rings is 1. The lowest BCUT2D eigenvalue weighted by atomic mass is 9.70. The molecule has 3 aromatic rings. The first-order valence-corrected chi connectivity index (χ1v) is 14.7. The third-order valence-electron chi connectivity index (χ3n) is 6.46. The van der Waals surface area contributed by atoms with E-state index in [0.29, 0.717) is 33.5 Å². The van der Waals surface area contributed by atoms with Gasteiger partial charge in [-0.15, -0.1) is 21.5 Å². The molecule has 0 spiro atoms. The quantitative estimate of drug-likeness (QED) is 0.373. The second kappa shape index (κ2) is 10.4. The van der Waals surface area contributed by atoms with Crippen LogP contribution in [0, 0.1) is 23.7 Å². The van der Waals surface area contributed by atoms with Gasteiger partial charge in [0.25, 0.3) is 0 Å². The molecule has 0 bridgehead atoms. The number of aryl methyl sites for hydroxylation is 1. The van der Waals surface area contributed by atoms with Crippen LogP contribution in [0.2, 0.25) is 0 Å². The highest BCUT2D eigenvalue weighted by Gasteiger charge is 2.45. The number of nitrogens with one attached hydrogen (secondary N) is 1. The first-order valence-electron chi connectivity index (χ1n) is 12.0. The lowest BCUT2D eigenvalue weighted by Crippen LogP contribution is -2.42. The van der Waals surface area contributed by atoms with Gasteiger partial charge in [-0.05, 0) is 42.3 Å². The van der Waals surface area contributed by atoms with E-state index in [1.807, 2.05) is 48.7 Å². The number of amides is 1. The van der Waals surface area contributed by atoms with E-state index in [0.717, 1.165) is 21.8 Å². The molecule has 0 saturated heterocycles. The van der Waals surface area contributed by atoms with Crippen molar-refractivity contribution in [1.82, 2.24) is 10.2 Å². The number of rotatable bonds is 6. The Bertz CT molecular complexity index is 1500. The van der Waals surface area contributed by atoms with Crippen molar-refractivity contribution in [2.24, 2.45) is 11.1 Å². The molecule has 3 N–H and O–H groups in total. The molecule has 1 atom stereocenters. The molecular weight excluding hydrogens is 537 g/mol.